The minimum absolute atomic E-state index is 0.0615. The number of hydrazine groups is 1. The van der Waals surface area contributed by atoms with Crippen LogP contribution in [0.5, 0.6) is 6.01 Å². The summed E-state index contributed by atoms with van der Waals surface area (Å²) in [5, 5.41) is 12.1. The summed E-state index contributed by atoms with van der Waals surface area (Å²) in [4.78, 5) is 12.0. The van der Waals surface area contributed by atoms with Crippen LogP contribution in [0.2, 0.25) is 0 Å². The van der Waals surface area contributed by atoms with Crippen molar-refractivity contribution in [2.75, 3.05) is 24.0 Å². The number of rotatable bonds is 6. The Morgan fingerprint density at radius 3 is 2.47 bits per heavy atom. The number of aromatic nitrogens is 3. The van der Waals surface area contributed by atoms with Crippen LogP contribution in [0.1, 0.15) is 20.8 Å². The summed E-state index contributed by atoms with van der Waals surface area (Å²) in [6, 6.07) is 0.173. The van der Waals surface area contributed by atoms with E-state index in [0.717, 1.165) is 0 Å². The van der Waals surface area contributed by atoms with Crippen molar-refractivity contribution in [3.8, 4) is 6.01 Å². The second kappa shape index (κ2) is 5.60. The lowest BCUT2D eigenvalue weighted by Gasteiger charge is -2.23. The Balaban J connectivity index is 2.94. The van der Waals surface area contributed by atoms with E-state index in [4.69, 9.17) is 15.7 Å². The predicted molar refractivity (Wildman–Crippen MR) is 63.6 cm³/mol. The molecule has 0 atom stereocenters. The molecule has 0 aliphatic carbocycles. The van der Waals surface area contributed by atoms with Gasteiger partial charge in [0.2, 0.25) is 11.9 Å². The Labute approximate surface area is 99.6 Å². The average Bonchev–Trinajstić information content (AvgIpc) is 2.28. The molecule has 0 bridgehead atoms. The number of nitrogens with zero attached hydrogens (tertiary/aromatic N) is 3. The average molecular weight is 242 g/mol. The third kappa shape index (κ3) is 4.00. The van der Waals surface area contributed by atoms with Gasteiger partial charge in [-0.25, -0.2) is 5.84 Å². The molecule has 1 heterocycles. The van der Waals surface area contributed by atoms with Gasteiger partial charge in [-0.05, 0) is 20.8 Å². The lowest BCUT2D eigenvalue weighted by molar-refractivity contribution is 0.233. The second-order valence-corrected chi connectivity index (χ2v) is 4.01. The number of ether oxygens (including phenoxy) is 1. The summed E-state index contributed by atoms with van der Waals surface area (Å²) in [6.45, 7) is 5.83. The molecule has 96 valence electrons. The highest BCUT2D eigenvalue weighted by Crippen LogP contribution is 2.14. The number of aliphatic hydroxyl groups is 1. The summed E-state index contributed by atoms with van der Waals surface area (Å²) < 4.78 is 5.18. The molecule has 0 aliphatic rings. The summed E-state index contributed by atoms with van der Waals surface area (Å²) in [5.41, 5.74) is 1.78. The molecule has 0 amide bonds. The Morgan fingerprint density at radius 1 is 1.29 bits per heavy atom. The molecule has 17 heavy (non-hydrogen) atoms. The fourth-order valence-electron chi connectivity index (χ4n) is 1.01. The van der Waals surface area contributed by atoms with Crippen molar-refractivity contribution in [3.05, 3.63) is 0 Å². The summed E-state index contributed by atoms with van der Waals surface area (Å²) in [7, 11) is 0. The third-order valence-corrected chi connectivity index (χ3v) is 1.86. The quantitative estimate of drug-likeness (QED) is 0.398. The fraction of sp³-hybridized carbons (Fsp3) is 0.667. The highest BCUT2D eigenvalue weighted by Gasteiger charge is 2.18. The van der Waals surface area contributed by atoms with E-state index in [-0.39, 0.29) is 24.5 Å². The van der Waals surface area contributed by atoms with Crippen molar-refractivity contribution in [1.29, 1.82) is 0 Å². The number of hydrogen-bond acceptors (Lipinski definition) is 8. The first-order valence-electron chi connectivity index (χ1n) is 5.25. The topological polar surface area (TPSA) is 118 Å². The monoisotopic (exact) mass is 242 g/mol. The van der Waals surface area contributed by atoms with Crippen molar-refractivity contribution < 1.29 is 9.84 Å². The second-order valence-electron chi connectivity index (χ2n) is 4.01. The largest absolute Gasteiger partial charge is 0.464 e. The first-order chi connectivity index (χ1) is 8.00. The SMILES string of the molecule is CCOc1nc(NN)nc(NC(C)(C)CO)n1. The minimum atomic E-state index is -0.545. The number of nitrogen functional groups attached to an aromatic ring is 1. The maximum absolute atomic E-state index is 9.15. The maximum Gasteiger partial charge on any atom is 0.323 e. The first-order valence-corrected chi connectivity index (χ1v) is 5.25. The number of nitrogens with two attached hydrogens (primary N) is 1. The number of nitrogens with one attached hydrogen (secondary N) is 2. The van der Waals surface area contributed by atoms with Gasteiger partial charge in [0.05, 0.1) is 18.8 Å². The summed E-state index contributed by atoms with van der Waals surface area (Å²) in [6.07, 6.45) is 0. The molecule has 0 saturated heterocycles. The Morgan fingerprint density at radius 2 is 1.94 bits per heavy atom. The fourth-order valence-corrected chi connectivity index (χ4v) is 1.01. The van der Waals surface area contributed by atoms with E-state index in [1.165, 1.54) is 0 Å². The molecule has 0 fully saturated rings. The molecule has 8 heteroatoms. The van der Waals surface area contributed by atoms with Crippen LogP contribution in [0.25, 0.3) is 0 Å². The molecule has 1 aromatic rings. The highest BCUT2D eigenvalue weighted by atomic mass is 16.5. The zero-order valence-electron chi connectivity index (χ0n) is 10.2. The van der Waals surface area contributed by atoms with Crippen molar-refractivity contribution in [1.82, 2.24) is 15.0 Å². The van der Waals surface area contributed by atoms with Crippen LogP contribution in [-0.4, -0.2) is 38.8 Å². The Kier molecular flexibility index (Phi) is 4.41. The predicted octanol–water partition coefficient (Wildman–Crippen LogP) is -0.261. The van der Waals surface area contributed by atoms with Crippen LogP contribution in [0.15, 0.2) is 0 Å². The molecule has 1 aromatic heterocycles. The Hall–Kier alpha value is -1.67. The molecule has 1 rings (SSSR count). The zero-order valence-corrected chi connectivity index (χ0v) is 10.2. The van der Waals surface area contributed by atoms with Gasteiger partial charge in [0.15, 0.2) is 0 Å². The minimum Gasteiger partial charge on any atom is -0.464 e. The Bertz CT molecular complexity index is 371. The molecule has 0 aliphatic heterocycles. The molecule has 0 unspecified atom stereocenters. The van der Waals surface area contributed by atoms with Crippen LogP contribution in [0.3, 0.4) is 0 Å². The molecular weight excluding hydrogens is 224 g/mol. The van der Waals surface area contributed by atoms with E-state index in [0.29, 0.717) is 6.61 Å². The van der Waals surface area contributed by atoms with E-state index in [2.05, 4.69) is 25.7 Å². The molecule has 0 saturated carbocycles. The third-order valence-electron chi connectivity index (χ3n) is 1.86. The molecule has 0 aromatic carbocycles. The number of hydrogen-bond donors (Lipinski definition) is 4. The van der Waals surface area contributed by atoms with E-state index < -0.39 is 5.54 Å². The van der Waals surface area contributed by atoms with Gasteiger partial charge in [-0.3, -0.25) is 5.43 Å². The molecule has 0 radical (unpaired) electrons. The molecule has 8 nitrogen and oxygen atoms in total. The van der Waals surface area contributed by atoms with Crippen molar-refractivity contribution in [3.63, 3.8) is 0 Å². The van der Waals surface area contributed by atoms with Crippen LogP contribution in [0, 0.1) is 0 Å². The van der Waals surface area contributed by atoms with E-state index >= 15 is 0 Å². The lowest BCUT2D eigenvalue weighted by Crippen LogP contribution is -2.36. The number of aliphatic hydroxyl groups excluding tert-OH is 1. The normalized spacial score (nSPS) is 11.1. The van der Waals surface area contributed by atoms with Crippen LogP contribution in [0.4, 0.5) is 11.9 Å². The lowest BCUT2D eigenvalue weighted by atomic mass is 10.1. The van der Waals surface area contributed by atoms with Gasteiger partial charge in [-0.2, -0.15) is 15.0 Å². The maximum atomic E-state index is 9.15. The van der Waals surface area contributed by atoms with Gasteiger partial charge in [0.1, 0.15) is 0 Å². The van der Waals surface area contributed by atoms with Gasteiger partial charge in [-0.1, -0.05) is 0 Å². The first kappa shape index (κ1) is 13.4. The standard InChI is InChI=1S/C9H18N6O2/c1-4-17-8-12-6(11-7(13-8)15-10)14-9(2,3)5-16/h16H,4-5,10H2,1-3H3,(H2,11,12,13,14,15). The van der Waals surface area contributed by atoms with Crippen LogP contribution in [-0.2, 0) is 0 Å². The van der Waals surface area contributed by atoms with Crippen molar-refractivity contribution in [2.45, 2.75) is 26.3 Å². The zero-order chi connectivity index (χ0) is 12.9. The molecule has 0 spiro atoms. The highest BCUT2D eigenvalue weighted by molar-refractivity contribution is 5.36. The molecular formula is C9H18N6O2. The van der Waals surface area contributed by atoms with Gasteiger partial charge < -0.3 is 15.2 Å². The molecule has 5 N–H and O–H groups in total. The van der Waals surface area contributed by atoms with Crippen molar-refractivity contribution in [2.24, 2.45) is 5.84 Å². The number of anilines is 2. The summed E-state index contributed by atoms with van der Waals surface area (Å²) >= 11 is 0. The van der Waals surface area contributed by atoms with Gasteiger partial charge in [-0.15, -0.1) is 0 Å². The van der Waals surface area contributed by atoms with Gasteiger partial charge >= 0.3 is 6.01 Å². The van der Waals surface area contributed by atoms with Gasteiger partial charge in [0, 0.05) is 0 Å². The van der Waals surface area contributed by atoms with E-state index in [1.807, 2.05) is 20.8 Å². The van der Waals surface area contributed by atoms with Crippen LogP contribution >= 0.6 is 0 Å². The smallest absolute Gasteiger partial charge is 0.323 e. The van der Waals surface area contributed by atoms with E-state index in [9.17, 15) is 0 Å². The summed E-state index contributed by atoms with van der Waals surface area (Å²) in [5.74, 6) is 5.73. The van der Waals surface area contributed by atoms with Crippen LogP contribution < -0.4 is 21.3 Å². The van der Waals surface area contributed by atoms with Crippen molar-refractivity contribution >= 4 is 11.9 Å². The van der Waals surface area contributed by atoms with Gasteiger partial charge in [0.25, 0.3) is 0 Å². The van der Waals surface area contributed by atoms with E-state index in [1.54, 1.807) is 0 Å².